The van der Waals surface area contributed by atoms with E-state index in [0.29, 0.717) is 22.7 Å². The predicted octanol–water partition coefficient (Wildman–Crippen LogP) is 5.10. The van der Waals surface area contributed by atoms with Gasteiger partial charge in [0.25, 0.3) is 22.3 Å². The highest BCUT2D eigenvalue weighted by molar-refractivity contribution is 8.18. The summed E-state index contributed by atoms with van der Waals surface area (Å²) in [5.74, 6) is 1.81. The van der Waals surface area contributed by atoms with Crippen LogP contribution in [0.5, 0.6) is 0 Å². The number of fused-ring (bicyclic) bond motifs is 2. The number of piperidine rings is 2. The summed E-state index contributed by atoms with van der Waals surface area (Å²) in [6, 6.07) is 11.5. The van der Waals surface area contributed by atoms with Crippen LogP contribution in [0.2, 0.25) is 0 Å². The maximum absolute atomic E-state index is 11.7. The molecule has 0 radical (unpaired) electrons. The van der Waals surface area contributed by atoms with Crippen molar-refractivity contribution in [2.75, 3.05) is 36.0 Å². The van der Waals surface area contributed by atoms with E-state index in [1.807, 2.05) is 36.4 Å². The molecule has 2 aromatic carbocycles. The lowest BCUT2D eigenvalue weighted by atomic mass is 9.99. The van der Waals surface area contributed by atoms with Gasteiger partial charge in [-0.15, -0.1) is 0 Å². The van der Waals surface area contributed by atoms with Crippen molar-refractivity contribution in [1.82, 2.24) is 30.6 Å². The summed E-state index contributed by atoms with van der Waals surface area (Å²) in [4.78, 5) is 68.9. The van der Waals surface area contributed by atoms with Crippen molar-refractivity contribution >= 4 is 91.4 Å². The molecule has 0 bridgehead atoms. The molecule has 4 fully saturated rings. The van der Waals surface area contributed by atoms with Gasteiger partial charge in [0, 0.05) is 37.0 Å². The second kappa shape index (κ2) is 14.5. The fraction of sp³-hybridized carbons (Fsp3) is 0.314. The molecular weight excluding hydrogens is 677 g/mol. The van der Waals surface area contributed by atoms with Gasteiger partial charge in [-0.05, 0) is 103 Å². The predicted molar refractivity (Wildman–Crippen MR) is 195 cm³/mol. The Morgan fingerprint density at radius 3 is 1.54 bits per heavy atom. The minimum absolute atomic E-state index is 0.250. The Labute approximate surface area is 296 Å². The van der Waals surface area contributed by atoms with E-state index >= 15 is 0 Å². The zero-order chi connectivity index (χ0) is 34.8. The molecule has 0 spiro atoms. The Hall–Kier alpha value is -4.86. The quantitative estimate of drug-likeness (QED) is 0.239. The van der Waals surface area contributed by atoms with Crippen molar-refractivity contribution in [3.8, 4) is 0 Å². The van der Waals surface area contributed by atoms with Crippen molar-refractivity contribution in [3.63, 3.8) is 0 Å². The molecule has 4 aliphatic rings. The number of nitrogens with zero attached hydrogens (tertiary/aromatic N) is 6. The molecule has 15 heteroatoms. The van der Waals surface area contributed by atoms with Gasteiger partial charge in [0.1, 0.15) is 24.3 Å². The number of hydrogen-bond acceptors (Lipinski definition) is 13. The van der Waals surface area contributed by atoms with Gasteiger partial charge in [-0.25, -0.2) is 19.9 Å². The van der Waals surface area contributed by atoms with Gasteiger partial charge < -0.3 is 14.9 Å². The molecule has 6 heterocycles. The lowest BCUT2D eigenvalue weighted by molar-refractivity contribution is -0.116. The van der Waals surface area contributed by atoms with Crippen LogP contribution in [-0.2, 0) is 9.59 Å². The van der Waals surface area contributed by atoms with Crippen molar-refractivity contribution in [2.24, 2.45) is 5.92 Å². The van der Waals surface area contributed by atoms with E-state index in [-0.39, 0.29) is 28.4 Å². The van der Waals surface area contributed by atoms with E-state index in [2.05, 4.69) is 47.3 Å². The van der Waals surface area contributed by atoms with Gasteiger partial charge in [-0.2, -0.15) is 0 Å². The highest BCUT2D eigenvalue weighted by atomic mass is 32.2. The standard InChI is InChI=1S/C18H18N4O2S.C17H16N4O3S/c1-11-4-6-22(7-5-11)16-13-8-12(2-3-14(13)19-10-20-16)9-15-17(23)21-18(24)25-15;22-11-3-5-21(6-4-11)15-12-7-10(1-2-13(12)18-9-19-15)8-14-16(23)20-17(24)25-14/h2-3,8-11H,4-7H2,1H3,(H,21,23,24);1-2,7-9,11,22H,3-6H2,(H,20,23,24). The first-order chi connectivity index (χ1) is 24.2. The average Bonchev–Trinajstić information content (AvgIpc) is 3.61. The SMILES string of the molecule is CC1CCN(c2ncnc3ccc(C=C4SC(=O)NC4=O)cc23)CC1.O=C1NC(=O)C(=Cc2ccc3ncnc(N4CCC(O)CC4)c3c2)S1. The van der Waals surface area contributed by atoms with Gasteiger partial charge >= 0.3 is 0 Å². The molecule has 0 saturated carbocycles. The van der Waals surface area contributed by atoms with E-state index in [1.54, 1.807) is 24.8 Å². The topological polar surface area (TPSA) is 171 Å². The van der Waals surface area contributed by atoms with Crippen LogP contribution in [0.25, 0.3) is 34.0 Å². The van der Waals surface area contributed by atoms with E-state index in [9.17, 15) is 24.3 Å². The maximum Gasteiger partial charge on any atom is 0.290 e. The molecule has 4 aliphatic heterocycles. The summed E-state index contributed by atoms with van der Waals surface area (Å²) in [6.07, 6.45) is 10.1. The Morgan fingerprint density at radius 1 is 0.680 bits per heavy atom. The Balaban J connectivity index is 0.000000157. The summed E-state index contributed by atoms with van der Waals surface area (Å²) in [5, 5.41) is 15.4. The number of rotatable bonds is 4. The van der Waals surface area contributed by atoms with Crippen molar-refractivity contribution in [1.29, 1.82) is 0 Å². The number of aromatic nitrogens is 4. The van der Waals surface area contributed by atoms with Crippen molar-refractivity contribution in [3.05, 3.63) is 70.0 Å². The lowest BCUT2D eigenvalue weighted by Gasteiger charge is -2.31. The Morgan fingerprint density at radius 2 is 1.12 bits per heavy atom. The summed E-state index contributed by atoms with van der Waals surface area (Å²) < 4.78 is 0. The minimum Gasteiger partial charge on any atom is -0.393 e. The van der Waals surface area contributed by atoms with Crippen molar-refractivity contribution in [2.45, 2.75) is 38.7 Å². The first-order valence-electron chi connectivity index (χ1n) is 16.4. The zero-order valence-electron chi connectivity index (χ0n) is 27.2. The van der Waals surface area contributed by atoms with Gasteiger partial charge in [0.05, 0.1) is 26.9 Å². The summed E-state index contributed by atoms with van der Waals surface area (Å²) >= 11 is 1.82. The maximum atomic E-state index is 11.7. The molecule has 3 N–H and O–H groups in total. The largest absolute Gasteiger partial charge is 0.393 e. The number of benzene rings is 2. The first kappa shape index (κ1) is 33.6. The van der Waals surface area contributed by atoms with Crippen LogP contribution in [-0.4, -0.2) is 79.6 Å². The van der Waals surface area contributed by atoms with Gasteiger partial charge in [0.2, 0.25) is 0 Å². The molecule has 50 heavy (non-hydrogen) atoms. The average molecular weight is 711 g/mol. The summed E-state index contributed by atoms with van der Waals surface area (Å²) in [6.45, 7) is 5.75. The molecule has 0 aliphatic carbocycles. The molecule has 4 amide bonds. The fourth-order valence-corrected chi connectivity index (χ4v) is 7.61. The third-order valence-electron chi connectivity index (χ3n) is 9.00. The fourth-order valence-electron chi connectivity index (χ4n) is 6.25. The van der Waals surface area contributed by atoms with Crippen LogP contribution in [0.4, 0.5) is 21.2 Å². The smallest absolute Gasteiger partial charge is 0.290 e. The second-order valence-electron chi connectivity index (χ2n) is 12.5. The van der Waals surface area contributed by atoms with Crippen LogP contribution in [0.3, 0.4) is 0 Å². The number of hydrogen-bond donors (Lipinski definition) is 3. The Bertz CT molecular complexity index is 1930. The molecule has 13 nitrogen and oxygen atoms in total. The number of carbonyl (C=O) groups excluding carboxylic acids is 4. The number of nitrogens with one attached hydrogen (secondary N) is 2. The Kier molecular flexibility index (Phi) is 9.79. The first-order valence-corrected chi connectivity index (χ1v) is 18.0. The molecule has 2 aromatic heterocycles. The molecule has 256 valence electrons. The van der Waals surface area contributed by atoms with Crippen molar-refractivity contribution < 1.29 is 24.3 Å². The van der Waals surface area contributed by atoms with Gasteiger partial charge in [-0.3, -0.25) is 29.8 Å². The number of carbonyl (C=O) groups is 4. The van der Waals surface area contributed by atoms with Crippen LogP contribution in [0.1, 0.15) is 43.7 Å². The number of anilines is 2. The second-order valence-corrected chi connectivity index (χ2v) is 14.6. The minimum atomic E-state index is -0.371. The number of aliphatic hydroxyl groups excluding tert-OH is 1. The number of imide groups is 2. The third-order valence-corrected chi connectivity index (χ3v) is 10.6. The van der Waals surface area contributed by atoms with E-state index in [4.69, 9.17) is 0 Å². The molecule has 4 saturated heterocycles. The van der Waals surface area contributed by atoms with E-state index in [1.165, 1.54) is 0 Å². The zero-order valence-corrected chi connectivity index (χ0v) is 28.8. The molecule has 4 aromatic rings. The number of aliphatic hydroxyl groups is 1. The highest BCUT2D eigenvalue weighted by Crippen LogP contribution is 2.32. The molecular formula is C35H34N8O5S2. The van der Waals surface area contributed by atoms with E-state index < -0.39 is 0 Å². The highest BCUT2D eigenvalue weighted by Gasteiger charge is 2.27. The summed E-state index contributed by atoms with van der Waals surface area (Å²) in [5.41, 5.74) is 3.37. The number of thioether (sulfide) groups is 2. The molecule has 0 unspecified atom stereocenters. The lowest BCUT2D eigenvalue weighted by Crippen LogP contribution is -2.36. The van der Waals surface area contributed by atoms with Crippen LogP contribution in [0.15, 0.2) is 58.9 Å². The number of amides is 4. The van der Waals surface area contributed by atoms with Gasteiger partial charge in [-0.1, -0.05) is 19.1 Å². The monoisotopic (exact) mass is 710 g/mol. The van der Waals surface area contributed by atoms with E-state index in [0.717, 1.165) is 113 Å². The molecule has 0 atom stereocenters. The summed E-state index contributed by atoms with van der Waals surface area (Å²) in [7, 11) is 0. The van der Waals surface area contributed by atoms with Crippen LogP contribution < -0.4 is 20.4 Å². The molecule has 8 rings (SSSR count). The third kappa shape index (κ3) is 7.49. The van der Waals surface area contributed by atoms with Gasteiger partial charge in [0.15, 0.2) is 0 Å². The van der Waals surface area contributed by atoms with Crippen LogP contribution in [0, 0.1) is 5.92 Å². The normalized spacial score (nSPS) is 20.5. The van der Waals surface area contributed by atoms with Crippen LogP contribution >= 0.6 is 23.5 Å².